The van der Waals surface area contributed by atoms with Gasteiger partial charge in [-0.1, -0.05) is 71.9 Å². The first-order valence-electron chi connectivity index (χ1n) is 10.5. The Morgan fingerprint density at radius 1 is 1.09 bits per heavy atom. The molecule has 1 amide bonds. The summed E-state index contributed by atoms with van der Waals surface area (Å²) in [7, 11) is 1.95. The standard InChI is InChI=1S/C25H26N4OS2/c1-16-10-12-20(13-11-16)23-18(3)31-14-21(23)24-27-28-25(29(24)4)32-15-22(30)26-17(2)19-8-6-5-7-9-19/h5-14,17H,15H2,1-4H3,(H,26,30). The Balaban J connectivity index is 1.48. The number of carbonyl (C=O) groups excluding carboxylic acids is 1. The zero-order valence-electron chi connectivity index (χ0n) is 18.6. The van der Waals surface area contributed by atoms with Gasteiger partial charge >= 0.3 is 0 Å². The van der Waals surface area contributed by atoms with E-state index in [9.17, 15) is 4.79 Å². The fourth-order valence-corrected chi connectivity index (χ4v) is 5.20. The monoisotopic (exact) mass is 462 g/mol. The molecule has 0 aliphatic rings. The molecule has 1 unspecified atom stereocenters. The maximum absolute atomic E-state index is 12.5. The maximum atomic E-state index is 12.5. The van der Waals surface area contributed by atoms with Crippen LogP contribution in [0.5, 0.6) is 0 Å². The van der Waals surface area contributed by atoms with E-state index in [1.807, 2.05) is 48.9 Å². The van der Waals surface area contributed by atoms with Crippen molar-refractivity contribution >= 4 is 29.0 Å². The van der Waals surface area contributed by atoms with Crippen molar-refractivity contribution in [2.75, 3.05) is 5.75 Å². The molecule has 0 radical (unpaired) electrons. The second kappa shape index (κ2) is 9.71. The largest absolute Gasteiger partial charge is 0.349 e. The van der Waals surface area contributed by atoms with Crippen molar-refractivity contribution in [3.05, 3.63) is 76.0 Å². The minimum absolute atomic E-state index is 0.0253. The fourth-order valence-electron chi connectivity index (χ4n) is 3.61. The number of amides is 1. The van der Waals surface area contributed by atoms with Gasteiger partial charge in [0.15, 0.2) is 11.0 Å². The Morgan fingerprint density at radius 3 is 2.53 bits per heavy atom. The van der Waals surface area contributed by atoms with Crippen molar-refractivity contribution in [1.82, 2.24) is 20.1 Å². The summed E-state index contributed by atoms with van der Waals surface area (Å²) < 4.78 is 1.97. The average Bonchev–Trinajstić information content (AvgIpc) is 3.35. The van der Waals surface area contributed by atoms with Crippen LogP contribution >= 0.6 is 23.1 Å². The van der Waals surface area contributed by atoms with Crippen LogP contribution in [-0.2, 0) is 11.8 Å². The van der Waals surface area contributed by atoms with Gasteiger partial charge in [0.05, 0.1) is 11.8 Å². The molecule has 0 spiro atoms. The van der Waals surface area contributed by atoms with Gasteiger partial charge < -0.3 is 9.88 Å². The molecule has 0 saturated heterocycles. The van der Waals surface area contributed by atoms with Crippen LogP contribution in [0.2, 0.25) is 0 Å². The molecule has 1 atom stereocenters. The minimum Gasteiger partial charge on any atom is -0.349 e. The second-order valence-corrected chi connectivity index (χ2v) is 9.83. The molecular weight excluding hydrogens is 436 g/mol. The van der Waals surface area contributed by atoms with Crippen LogP contribution in [0.25, 0.3) is 22.5 Å². The van der Waals surface area contributed by atoms with Crippen LogP contribution in [-0.4, -0.2) is 26.4 Å². The van der Waals surface area contributed by atoms with Gasteiger partial charge in [0.1, 0.15) is 0 Å². The van der Waals surface area contributed by atoms with Crippen LogP contribution in [0.1, 0.15) is 29.0 Å². The lowest BCUT2D eigenvalue weighted by molar-refractivity contribution is -0.119. The smallest absolute Gasteiger partial charge is 0.230 e. The van der Waals surface area contributed by atoms with E-state index in [0.717, 1.165) is 22.1 Å². The molecule has 4 aromatic rings. The molecule has 0 saturated carbocycles. The highest BCUT2D eigenvalue weighted by Gasteiger charge is 2.19. The van der Waals surface area contributed by atoms with E-state index in [1.165, 1.54) is 33.3 Å². The molecule has 2 aromatic heterocycles. The Kier molecular flexibility index (Phi) is 6.77. The SMILES string of the molecule is Cc1ccc(-c2c(-c3nnc(SCC(=O)NC(C)c4ccccc4)n3C)csc2C)cc1. The summed E-state index contributed by atoms with van der Waals surface area (Å²) in [4.78, 5) is 13.7. The zero-order valence-corrected chi connectivity index (χ0v) is 20.3. The molecule has 7 heteroatoms. The molecule has 0 fully saturated rings. The summed E-state index contributed by atoms with van der Waals surface area (Å²) >= 11 is 3.11. The van der Waals surface area contributed by atoms with Gasteiger partial charge in [-0.05, 0) is 31.9 Å². The van der Waals surface area contributed by atoms with Crippen LogP contribution in [0.3, 0.4) is 0 Å². The average molecular weight is 463 g/mol. The molecule has 0 bridgehead atoms. The highest BCUT2D eigenvalue weighted by molar-refractivity contribution is 7.99. The third-order valence-corrected chi connectivity index (χ3v) is 7.33. The van der Waals surface area contributed by atoms with Crippen molar-refractivity contribution in [1.29, 1.82) is 0 Å². The number of carbonyl (C=O) groups is 1. The number of hydrogen-bond acceptors (Lipinski definition) is 5. The number of hydrogen-bond donors (Lipinski definition) is 1. The molecule has 2 aromatic carbocycles. The third-order valence-electron chi connectivity index (χ3n) is 5.40. The first kappa shape index (κ1) is 22.3. The molecule has 5 nitrogen and oxygen atoms in total. The van der Waals surface area contributed by atoms with Crippen LogP contribution in [0.4, 0.5) is 0 Å². The fraction of sp³-hybridized carbons (Fsp3) is 0.240. The molecule has 4 rings (SSSR count). The number of rotatable bonds is 7. The van der Waals surface area contributed by atoms with Crippen molar-refractivity contribution in [2.45, 2.75) is 32.0 Å². The number of nitrogens with zero attached hydrogens (tertiary/aromatic N) is 3. The molecule has 164 valence electrons. The predicted molar refractivity (Wildman–Crippen MR) is 133 cm³/mol. The summed E-state index contributed by atoms with van der Waals surface area (Å²) in [6, 6.07) is 18.5. The predicted octanol–water partition coefficient (Wildman–Crippen LogP) is 5.80. The maximum Gasteiger partial charge on any atom is 0.230 e. The number of thioether (sulfide) groups is 1. The van der Waals surface area contributed by atoms with E-state index in [-0.39, 0.29) is 17.7 Å². The van der Waals surface area contributed by atoms with Crippen LogP contribution in [0, 0.1) is 13.8 Å². The number of benzene rings is 2. The van der Waals surface area contributed by atoms with E-state index in [1.54, 1.807) is 11.3 Å². The molecule has 0 aliphatic heterocycles. The molecule has 1 N–H and O–H groups in total. The van der Waals surface area contributed by atoms with Gasteiger partial charge in [0, 0.05) is 28.4 Å². The normalized spacial score (nSPS) is 12.0. The summed E-state index contributed by atoms with van der Waals surface area (Å²) in [5.41, 5.74) is 5.76. The number of thiophene rings is 1. The Hall–Kier alpha value is -2.90. The number of aromatic nitrogens is 3. The summed E-state index contributed by atoms with van der Waals surface area (Å²) in [6.45, 7) is 6.21. The molecule has 32 heavy (non-hydrogen) atoms. The van der Waals surface area contributed by atoms with E-state index in [2.05, 4.69) is 59.0 Å². The van der Waals surface area contributed by atoms with Crippen molar-refractivity contribution < 1.29 is 4.79 Å². The van der Waals surface area contributed by atoms with Gasteiger partial charge in [0.25, 0.3) is 0 Å². The van der Waals surface area contributed by atoms with E-state index >= 15 is 0 Å². The molecule has 2 heterocycles. The summed E-state index contributed by atoms with van der Waals surface area (Å²) in [6.07, 6.45) is 0. The quantitative estimate of drug-likeness (QED) is 0.353. The van der Waals surface area contributed by atoms with E-state index in [0.29, 0.717) is 0 Å². The van der Waals surface area contributed by atoms with Crippen molar-refractivity contribution in [2.24, 2.45) is 7.05 Å². The van der Waals surface area contributed by atoms with Gasteiger partial charge in [0.2, 0.25) is 5.91 Å². The Labute approximate surface area is 196 Å². The lowest BCUT2D eigenvalue weighted by atomic mass is 10.0. The van der Waals surface area contributed by atoms with Crippen LogP contribution in [0.15, 0.2) is 65.1 Å². The van der Waals surface area contributed by atoms with Crippen molar-refractivity contribution in [3.63, 3.8) is 0 Å². The summed E-state index contributed by atoms with van der Waals surface area (Å²) in [5.74, 6) is 1.07. The van der Waals surface area contributed by atoms with Gasteiger partial charge in [-0.3, -0.25) is 4.79 Å². The number of aryl methyl sites for hydroxylation is 2. The first-order chi connectivity index (χ1) is 15.4. The summed E-state index contributed by atoms with van der Waals surface area (Å²) in [5, 5.41) is 14.7. The Bertz CT molecular complexity index is 1210. The van der Waals surface area contributed by atoms with E-state index < -0.39 is 0 Å². The topological polar surface area (TPSA) is 59.8 Å². The lowest BCUT2D eigenvalue weighted by Gasteiger charge is -2.14. The molecule has 0 aliphatic carbocycles. The highest BCUT2D eigenvalue weighted by Crippen LogP contribution is 2.38. The van der Waals surface area contributed by atoms with E-state index in [4.69, 9.17) is 0 Å². The minimum atomic E-state index is -0.0368. The second-order valence-electron chi connectivity index (χ2n) is 7.80. The van der Waals surface area contributed by atoms with Gasteiger partial charge in [-0.15, -0.1) is 21.5 Å². The zero-order chi connectivity index (χ0) is 22.7. The van der Waals surface area contributed by atoms with Crippen molar-refractivity contribution in [3.8, 4) is 22.5 Å². The third kappa shape index (κ3) is 4.79. The number of nitrogens with one attached hydrogen (secondary N) is 1. The van der Waals surface area contributed by atoms with Gasteiger partial charge in [-0.2, -0.15) is 0 Å². The molecular formula is C25H26N4OS2. The van der Waals surface area contributed by atoms with Crippen LogP contribution < -0.4 is 5.32 Å². The lowest BCUT2D eigenvalue weighted by Crippen LogP contribution is -2.28. The van der Waals surface area contributed by atoms with Gasteiger partial charge in [-0.25, -0.2) is 0 Å². The first-order valence-corrected chi connectivity index (χ1v) is 12.3. The highest BCUT2D eigenvalue weighted by atomic mass is 32.2. The Morgan fingerprint density at radius 2 is 1.81 bits per heavy atom.